The van der Waals surface area contributed by atoms with Crippen molar-refractivity contribution in [2.45, 2.75) is 31.6 Å². The normalized spacial score (nSPS) is 17.7. The zero-order valence-electron chi connectivity index (χ0n) is 13.0. The van der Waals surface area contributed by atoms with Gasteiger partial charge in [-0.25, -0.2) is 0 Å². The Labute approximate surface area is 137 Å². The van der Waals surface area contributed by atoms with E-state index in [4.69, 9.17) is 5.26 Å². The van der Waals surface area contributed by atoms with Crippen molar-refractivity contribution in [3.8, 4) is 6.07 Å². The zero-order chi connectivity index (χ0) is 17.9. The SMILES string of the molecule is CN(CC(F)(F)F)C(=O)C1CCC(=O)N1Cc1cccc(C#N)c1. The molecule has 24 heavy (non-hydrogen) atoms. The van der Waals surface area contributed by atoms with Gasteiger partial charge in [-0.1, -0.05) is 12.1 Å². The van der Waals surface area contributed by atoms with E-state index in [0.717, 1.165) is 7.05 Å². The second kappa shape index (κ2) is 6.91. The van der Waals surface area contributed by atoms with Crippen LogP contribution in [0.15, 0.2) is 24.3 Å². The van der Waals surface area contributed by atoms with Crippen molar-refractivity contribution in [1.29, 1.82) is 5.26 Å². The molecule has 2 amide bonds. The van der Waals surface area contributed by atoms with Gasteiger partial charge < -0.3 is 9.80 Å². The summed E-state index contributed by atoms with van der Waals surface area (Å²) >= 11 is 0. The average Bonchev–Trinajstić information content (AvgIpc) is 2.86. The molecule has 5 nitrogen and oxygen atoms in total. The fourth-order valence-electron chi connectivity index (χ4n) is 2.73. The standard InChI is InChI=1S/C16H16F3N3O2/c1-21(10-16(17,18)19)15(24)13-5-6-14(23)22(13)9-12-4-2-3-11(7-12)8-20/h2-4,7,13H,5-6,9-10H2,1H3. The number of rotatable bonds is 4. The van der Waals surface area contributed by atoms with Crippen LogP contribution in [0.4, 0.5) is 13.2 Å². The maximum absolute atomic E-state index is 12.5. The Morgan fingerprint density at radius 3 is 2.79 bits per heavy atom. The van der Waals surface area contributed by atoms with Gasteiger partial charge in [0.1, 0.15) is 12.6 Å². The van der Waals surface area contributed by atoms with E-state index in [2.05, 4.69) is 0 Å². The molecule has 0 bridgehead atoms. The Hall–Kier alpha value is -2.56. The number of nitriles is 1. The van der Waals surface area contributed by atoms with Crippen molar-refractivity contribution in [3.63, 3.8) is 0 Å². The number of alkyl halides is 3. The molecule has 1 heterocycles. The molecule has 0 N–H and O–H groups in total. The first kappa shape index (κ1) is 17.8. The molecular weight excluding hydrogens is 323 g/mol. The molecule has 128 valence electrons. The minimum Gasteiger partial charge on any atom is -0.335 e. The Morgan fingerprint density at radius 1 is 1.46 bits per heavy atom. The quantitative estimate of drug-likeness (QED) is 0.843. The fourth-order valence-corrected chi connectivity index (χ4v) is 2.73. The number of likely N-dealkylation sites (N-methyl/N-ethyl adjacent to an activating group) is 1. The fraction of sp³-hybridized carbons (Fsp3) is 0.438. The Bertz CT molecular complexity index is 682. The Kier molecular flexibility index (Phi) is 5.12. The van der Waals surface area contributed by atoms with E-state index >= 15 is 0 Å². The average molecular weight is 339 g/mol. The number of amides is 2. The van der Waals surface area contributed by atoms with Crippen LogP contribution in [-0.2, 0) is 16.1 Å². The van der Waals surface area contributed by atoms with E-state index in [0.29, 0.717) is 16.0 Å². The predicted octanol–water partition coefficient (Wildman–Crippen LogP) is 2.07. The summed E-state index contributed by atoms with van der Waals surface area (Å²) < 4.78 is 37.4. The van der Waals surface area contributed by atoms with Gasteiger partial charge >= 0.3 is 6.18 Å². The number of carbonyl (C=O) groups is 2. The first-order valence-corrected chi connectivity index (χ1v) is 7.31. The second-order valence-electron chi connectivity index (χ2n) is 5.70. The van der Waals surface area contributed by atoms with Gasteiger partial charge in [-0.2, -0.15) is 18.4 Å². The summed E-state index contributed by atoms with van der Waals surface area (Å²) in [6.45, 7) is -1.26. The molecule has 0 spiro atoms. The van der Waals surface area contributed by atoms with Gasteiger partial charge in [-0.15, -0.1) is 0 Å². The molecule has 2 rings (SSSR count). The van der Waals surface area contributed by atoms with Crippen molar-refractivity contribution < 1.29 is 22.8 Å². The predicted molar refractivity (Wildman–Crippen MR) is 78.4 cm³/mol. The van der Waals surface area contributed by atoms with Crippen LogP contribution in [0.2, 0.25) is 0 Å². The topological polar surface area (TPSA) is 64.4 Å². The van der Waals surface area contributed by atoms with Gasteiger partial charge in [-0.05, 0) is 24.1 Å². The van der Waals surface area contributed by atoms with Crippen LogP contribution in [0.1, 0.15) is 24.0 Å². The summed E-state index contributed by atoms with van der Waals surface area (Å²) in [6.07, 6.45) is -4.18. The Balaban J connectivity index is 2.14. The van der Waals surface area contributed by atoms with Gasteiger partial charge in [-0.3, -0.25) is 9.59 Å². The molecule has 8 heteroatoms. The number of hydrogen-bond acceptors (Lipinski definition) is 3. The zero-order valence-corrected chi connectivity index (χ0v) is 13.0. The molecule has 1 aliphatic heterocycles. The minimum atomic E-state index is -4.49. The van der Waals surface area contributed by atoms with E-state index in [-0.39, 0.29) is 25.3 Å². The largest absolute Gasteiger partial charge is 0.406 e. The molecular formula is C16H16F3N3O2. The lowest BCUT2D eigenvalue weighted by molar-refractivity contribution is -0.162. The van der Waals surface area contributed by atoms with E-state index in [1.807, 2.05) is 6.07 Å². The van der Waals surface area contributed by atoms with Crippen LogP contribution in [0.3, 0.4) is 0 Å². The van der Waals surface area contributed by atoms with Crippen molar-refractivity contribution in [2.75, 3.05) is 13.6 Å². The molecule has 0 aromatic heterocycles. The van der Waals surface area contributed by atoms with Crippen molar-refractivity contribution in [1.82, 2.24) is 9.80 Å². The highest BCUT2D eigenvalue weighted by molar-refractivity contribution is 5.90. The monoisotopic (exact) mass is 339 g/mol. The number of likely N-dealkylation sites (tertiary alicyclic amines) is 1. The molecule has 1 saturated heterocycles. The molecule has 1 fully saturated rings. The highest BCUT2D eigenvalue weighted by atomic mass is 19.4. The molecule has 1 atom stereocenters. The third-order valence-electron chi connectivity index (χ3n) is 3.81. The van der Waals surface area contributed by atoms with Crippen LogP contribution in [0.5, 0.6) is 0 Å². The number of nitrogens with zero attached hydrogens (tertiary/aromatic N) is 3. The lowest BCUT2D eigenvalue weighted by Crippen LogP contribution is -2.47. The van der Waals surface area contributed by atoms with E-state index < -0.39 is 24.7 Å². The molecule has 1 aliphatic rings. The molecule has 1 unspecified atom stereocenters. The van der Waals surface area contributed by atoms with Crippen molar-refractivity contribution in [3.05, 3.63) is 35.4 Å². The first-order valence-electron chi connectivity index (χ1n) is 7.31. The van der Waals surface area contributed by atoms with Crippen LogP contribution in [-0.4, -0.2) is 47.4 Å². The molecule has 1 aromatic rings. The number of halogens is 3. The third kappa shape index (κ3) is 4.25. The van der Waals surface area contributed by atoms with Crippen molar-refractivity contribution in [2.24, 2.45) is 0 Å². The molecule has 0 aliphatic carbocycles. The smallest absolute Gasteiger partial charge is 0.335 e. The first-order chi connectivity index (χ1) is 11.2. The summed E-state index contributed by atoms with van der Waals surface area (Å²) in [5.41, 5.74) is 1.07. The highest BCUT2D eigenvalue weighted by Crippen LogP contribution is 2.24. The van der Waals surface area contributed by atoms with E-state index in [1.54, 1.807) is 24.3 Å². The maximum Gasteiger partial charge on any atom is 0.406 e. The molecule has 1 aromatic carbocycles. The summed E-state index contributed by atoms with van der Waals surface area (Å²) in [4.78, 5) is 26.2. The second-order valence-corrected chi connectivity index (χ2v) is 5.70. The van der Waals surface area contributed by atoms with Crippen LogP contribution in [0.25, 0.3) is 0 Å². The van der Waals surface area contributed by atoms with E-state index in [1.165, 1.54) is 4.90 Å². The number of hydrogen-bond donors (Lipinski definition) is 0. The highest BCUT2D eigenvalue weighted by Gasteiger charge is 2.40. The van der Waals surface area contributed by atoms with Gasteiger partial charge in [0, 0.05) is 20.0 Å². The van der Waals surface area contributed by atoms with Gasteiger partial charge in [0.2, 0.25) is 11.8 Å². The summed E-state index contributed by atoms with van der Waals surface area (Å²) in [5, 5.41) is 8.90. The summed E-state index contributed by atoms with van der Waals surface area (Å²) in [7, 11) is 1.08. The number of carbonyl (C=O) groups excluding carboxylic acids is 2. The van der Waals surface area contributed by atoms with Crippen LogP contribution >= 0.6 is 0 Å². The summed E-state index contributed by atoms with van der Waals surface area (Å²) in [6, 6.07) is 7.62. The van der Waals surface area contributed by atoms with Crippen molar-refractivity contribution >= 4 is 11.8 Å². The van der Waals surface area contributed by atoms with Crippen LogP contribution in [0, 0.1) is 11.3 Å². The molecule has 0 saturated carbocycles. The Morgan fingerprint density at radius 2 is 2.17 bits per heavy atom. The van der Waals surface area contributed by atoms with Gasteiger partial charge in [0.15, 0.2) is 0 Å². The third-order valence-corrected chi connectivity index (χ3v) is 3.81. The van der Waals surface area contributed by atoms with Gasteiger partial charge in [0.05, 0.1) is 11.6 Å². The minimum absolute atomic E-state index is 0.0879. The lowest BCUT2D eigenvalue weighted by atomic mass is 10.1. The summed E-state index contributed by atoms with van der Waals surface area (Å²) in [5.74, 6) is -1.01. The number of benzene rings is 1. The lowest BCUT2D eigenvalue weighted by Gasteiger charge is -2.28. The van der Waals surface area contributed by atoms with E-state index in [9.17, 15) is 22.8 Å². The maximum atomic E-state index is 12.5. The molecule has 0 radical (unpaired) electrons. The van der Waals surface area contributed by atoms with Crippen LogP contribution < -0.4 is 0 Å². The van der Waals surface area contributed by atoms with Gasteiger partial charge in [0.25, 0.3) is 0 Å².